The fourth-order valence-corrected chi connectivity index (χ4v) is 3.72. The maximum atomic E-state index is 12.1. The van der Waals surface area contributed by atoms with Crippen molar-refractivity contribution in [3.8, 4) is 0 Å². The number of thioether (sulfide) groups is 1. The molecule has 0 bridgehead atoms. The number of amides is 1. The minimum atomic E-state index is -3.31. The summed E-state index contributed by atoms with van der Waals surface area (Å²) in [7, 11) is -3.31. The van der Waals surface area contributed by atoms with Gasteiger partial charge in [0.1, 0.15) is 0 Å². The highest BCUT2D eigenvalue weighted by atomic mass is 32.2. The van der Waals surface area contributed by atoms with Gasteiger partial charge in [0.05, 0.1) is 5.75 Å². The van der Waals surface area contributed by atoms with Gasteiger partial charge in [-0.3, -0.25) is 9.52 Å². The summed E-state index contributed by atoms with van der Waals surface area (Å²) in [4.78, 5) is 12.1. The van der Waals surface area contributed by atoms with E-state index in [1.807, 2.05) is 0 Å². The smallest absolute Gasteiger partial charge is 0.251 e. The highest BCUT2D eigenvalue weighted by Crippen LogP contribution is 2.14. The molecule has 1 amide bonds. The van der Waals surface area contributed by atoms with Crippen LogP contribution < -0.4 is 10.0 Å². The molecule has 0 heterocycles. The van der Waals surface area contributed by atoms with Crippen molar-refractivity contribution in [1.29, 1.82) is 0 Å². The zero-order valence-electron chi connectivity index (χ0n) is 15.0. The SMILES string of the molecule is CCS(=O)(=O)Nc1ccc(C(=O)NCCSCc2cccc(C)c2)cc1. The molecule has 140 valence electrons. The standard InChI is InChI=1S/C19H24N2O3S2/c1-3-26(23,24)21-18-9-7-17(8-10-18)19(22)20-11-12-25-14-16-6-4-5-15(2)13-16/h4-10,13,21H,3,11-12,14H2,1-2H3,(H,20,22). The van der Waals surface area contributed by atoms with Crippen LogP contribution in [0, 0.1) is 6.92 Å². The lowest BCUT2D eigenvalue weighted by Crippen LogP contribution is -2.25. The maximum Gasteiger partial charge on any atom is 0.251 e. The molecular formula is C19H24N2O3S2. The van der Waals surface area contributed by atoms with E-state index in [-0.39, 0.29) is 11.7 Å². The second-order valence-electron chi connectivity index (χ2n) is 5.88. The minimum absolute atomic E-state index is 0.00938. The lowest BCUT2D eigenvalue weighted by atomic mass is 10.2. The first-order chi connectivity index (χ1) is 12.4. The molecule has 0 radical (unpaired) electrons. The van der Waals surface area contributed by atoms with Crippen LogP contribution in [0.25, 0.3) is 0 Å². The summed E-state index contributed by atoms with van der Waals surface area (Å²) in [6.45, 7) is 4.23. The Hall–Kier alpha value is -1.99. The Morgan fingerprint density at radius 1 is 1.12 bits per heavy atom. The van der Waals surface area contributed by atoms with Gasteiger partial charge in [0, 0.05) is 29.3 Å². The van der Waals surface area contributed by atoms with Crippen molar-refractivity contribution < 1.29 is 13.2 Å². The molecular weight excluding hydrogens is 368 g/mol. The number of hydrogen-bond donors (Lipinski definition) is 2. The van der Waals surface area contributed by atoms with Crippen LogP contribution in [0.5, 0.6) is 0 Å². The van der Waals surface area contributed by atoms with Gasteiger partial charge < -0.3 is 5.32 Å². The van der Waals surface area contributed by atoms with Crippen LogP contribution in [0.1, 0.15) is 28.4 Å². The first-order valence-electron chi connectivity index (χ1n) is 8.41. The molecule has 0 saturated heterocycles. The van der Waals surface area contributed by atoms with E-state index in [1.54, 1.807) is 43.0 Å². The zero-order chi connectivity index (χ0) is 19.0. The van der Waals surface area contributed by atoms with Gasteiger partial charge in [-0.1, -0.05) is 29.8 Å². The van der Waals surface area contributed by atoms with Crippen molar-refractivity contribution in [2.24, 2.45) is 0 Å². The summed E-state index contributed by atoms with van der Waals surface area (Å²) in [5.74, 6) is 1.60. The molecule has 2 aromatic carbocycles. The van der Waals surface area contributed by atoms with Crippen molar-refractivity contribution in [2.45, 2.75) is 19.6 Å². The van der Waals surface area contributed by atoms with Gasteiger partial charge in [-0.2, -0.15) is 11.8 Å². The topological polar surface area (TPSA) is 75.3 Å². The third kappa shape index (κ3) is 6.72. The van der Waals surface area contributed by atoms with Crippen molar-refractivity contribution in [2.75, 3.05) is 22.8 Å². The van der Waals surface area contributed by atoms with Crippen LogP contribution in [0.15, 0.2) is 48.5 Å². The quantitative estimate of drug-likeness (QED) is 0.641. The molecule has 0 aliphatic carbocycles. The number of carbonyl (C=O) groups is 1. The van der Waals surface area contributed by atoms with Crippen LogP contribution in [0.4, 0.5) is 5.69 Å². The number of sulfonamides is 1. The monoisotopic (exact) mass is 392 g/mol. The highest BCUT2D eigenvalue weighted by Gasteiger charge is 2.08. The molecule has 0 saturated carbocycles. The Kier molecular flexibility index (Phi) is 7.53. The van der Waals surface area contributed by atoms with Gasteiger partial charge in [0.25, 0.3) is 5.91 Å². The summed E-state index contributed by atoms with van der Waals surface area (Å²) < 4.78 is 25.5. The molecule has 0 unspecified atom stereocenters. The Bertz CT molecular complexity index is 834. The van der Waals surface area contributed by atoms with Crippen molar-refractivity contribution in [1.82, 2.24) is 5.32 Å². The van der Waals surface area contributed by atoms with Crippen LogP contribution in [-0.2, 0) is 15.8 Å². The molecule has 26 heavy (non-hydrogen) atoms. The number of aryl methyl sites for hydroxylation is 1. The molecule has 2 aromatic rings. The fraction of sp³-hybridized carbons (Fsp3) is 0.316. The summed E-state index contributed by atoms with van der Waals surface area (Å²) in [5, 5.41) is 2.88. The largest absolute Gasteiger partial charge is 0.351 e. The van der Waals surface area contributed by atoms with E-state index < -0.39 is 10.0 Å². The second-order valence-corrected chi connectivity index (χ2v) is 9.00. The third-order valence-electron chi connectivity index (χ3n) is 3.68. The van der Waals surface area contributed by atoms with Gasteiger partial charge in [0.2, 0.25) is 10.0 Å². The summed E-state index contributed by atoms with van der Waals surface area (Å²) in [5.41, 5.74) is 3.50. The second kappa shape index (κ2) is 9.64. The van der Waals surface area contributed by atoms with E-state index in [1.165, 1.54) is 11.1 Å². The molecule has 0 aromatic heterocycles. The molecule has 0 aliphatic heterocycles. The molecule has 2 N–H and O–H groups in total. The first kappa shape index (κ1) is 20.3. The highest BCUT2D eigenvalue weighted by molar-refractivity contribution is 7.98. The Labute approximate surface area is 159 Å². The van der Waals surface area contributed by atoms with Crippen LogP contribution in [0.3, 0.4) is 0 Å². The molecule has 2 rings (SSSR count). The number of hydrogen-bond acceptors (Lipinski definition) is 4. The normalized spacial score (nSPS) is 11.2. The predicted octanol–water partition coefficient (Wildman–Crippen LogP) is 3.42. The summed E-state index contributed by atoms with van der Waals surface area (Å²) in [6, 6.07) is 14.8. The van der Waals surface area contributed by atoms with Crippen LogP contribution >= 0.6 is 11.8 Å². The molecule has 5 nitrogen and oxygen atoms in total. The number of benzene rings is 2. The van der Waals surface area contributed by atoms with E-state index in [0.717, 1.165) is 11.5 Å². The molecule has 0 aliphatic rings. The summed E-state index contributed by atoms with van der Waals surface area (Å²) >= 11 is 1.77. The Morgan fingerprint density at radius 2 is 1.85 bits per heavy atom. The minimum Gasteiger partial charge on any atom is -0.351 e. The average Bonchev–Trinajstić information content (AvgIpc) is 2.61. The molecule has 0 atom stereocenters. The van der Waals surface area contributed by atoms with Gasteiger partial charge in [-0.25, -0.2) is 8.42 Å². The molecule has 0 spiro atoms. The first-order valence-corrected chi connectivity index (χ1v) is 11.2. The summed E-state index contributed by atoms with van der Waals surface area (Å²) in [6.07, 6.45) is 0. The fourth-order valence-electron chi connectivity index (χ4n) is 2.27. The molecule has 0 fully saturated rings. The third-order valence-corrected chi connectivity index (χ3v) is 6.02. The predicted molar refractivity (Wildman–Crippen MR) is 109 cm³/mol. The van der Waals surface area contributed by atoms with Gasteiger partial charge >= 0.3 is 0 Å². The van der Waals surface area contributed by atoms with Crippen LogP contribution in [-0.4, -0.2) is 32.4 Å². The number of nitrogens with one attached hydrogen (secondary N) is 2. The van der Waals surface area contributed by atoms with Crippen molar-refractivity contribution in [3.63, 3.8) is 0 Å². The number of carbonyl (C=O) groups excluding carboxylic acids is 1. The number of rotatable bonds is 9. The maximum absolute atomic E-state index is 12.1. The zero-order valence-corrected chi connectivity index (χ0v) is 16.6. The average molecular weight is 393 g/mol. The number of anilines is 1. The van der Waals surface area contributed by atoms with Gasteiger partial charge in [-0.05, 0) is 43.7 Å². The Morgan fingerprint density at radius 3 is 2.50 bits per heavy atom. The van der Waals surface area contributed by atoms with Gasteiger partial charge in [0.15, 0.2) is 0 Å². The van der Waals surface area contributed by atoms with Crippen LogP contribution in [0.2, 0.25) is 0 Å². The lowest BCUT2D eigenvalue weighted by Gasteiger charge is -2.08. The van der Waals surface area contributed by atoms with E-state index in [4.69, 9.17) is 0 Å². The van der Waals surface area contributed by atoms with Crippen molar-refractivity contribution >= 4 is 33.4 Å². The van der Waals surface area contributed by atoms with E-state index >= 15 is 0 Å². The Balaban J connectivity index is 1.74. The van der Waals surface area contributed by atoms with Gasteiger partial charge in [-0.15, -0.1) is 0 Å². The molecule has 7 heteroatoms. The van der Waals surface area contributed by atoms with E-state index in [2.05, 4.69) is 41.2 Å². The van der Waals surface area contributed by atoms with E-state index in [9.17, 15) is 13.2 Å². The lowest BCUT2D eigenvalue weighted by molar-refractivity contribution is 0.0956. The van der Waals surface area contributed by atoms with E-state index in [0.29, 0.717) is 17.8 Å². The van der Waals surface area contributed by atoms with Crippen molar-refractivity contribution in [3.05, 3.63) is 65.2 Å².